The van der Waals surface area contributed by atoms with Crippen molar-refractivity contribution in [1.82, 2.24) is 20.5 Å². The molecule has 3 N–H and O–H groups in total. The number of benzene rings is 2. The summed E-state index contributed by atoms with van der Waals surface area (Å²) < 4.78 is 0. The van der Waals surface area contributed by atoms with Crippen LogP contribution in [0.25, 0.3) is 10.8 Å². The molecule has 2 aromatic carbocycles. The Bertz CT molecular complexity index is 1360. The lowest BCUT2D eigenvalue weighted by atomic mass is 9.86. The van der Waals surface area contributed by atoms with E-state index in [1.807, 2.05) is 13.2 Å². The molecule has 5 heteroatoms. The van der Waals surface area contributed by atoms with Gasteiger partial charge in [-0.05, 0) is 85.0 Å². The van der Waals surface area contributed by atoms with E-state index in [0.29, 0.717) is 6.04 Å². The van der Waals surface area contributed by atoms with E-state index >= 15 is 0 Å². The zero-order valence-electron chi connectivity index (χ0n) is 26.4. The van der Waals surface area contributed by atoms with E-state index in [0.717, 1.165) is 56.9 Å². The van der Waals surface area contributed by atoms with Crippen LogP contribution in [-0.4, -0.2) is 49.2 Å². The van der Waals surface area contributed by atoms with Crippen LogP contribution in [0.5, 0.6) is 0 Å². The van der Waals surface area contributed by atoms with Crippen molar-refractivity contribution in [3.8, 4) is 0 Å². The van der Waals surface area contributed by atoms with Crippen molar-refractivity contribution in [2.45, 2.75) is 73.4 Å². The Balaban J connectivity index is 1.62. The molecule has 220 valence electrons. The average Bonchev–Trinajstić information content (AvgIpc) is 2.96. The summed E-state index contributed by atoms with van der Waals surface area (Å²) in [7, 11) is 2.02. The van der Waals surface area contributed by atoms with Gasteiger partial charge in [0.05, 0.1) is 5.69 Å². The summed E-state index contributed by atoms with van der Waals surface area (Å²) in [6.45, 7) is 18.6. The Labute approximate surface area is 248 Å². The van der Waals surface area contributed by atoms with Gasteiger partial charge in [-0.15, -0.1) is 0 Å². The number of piperazine rings is 1. The van der Waals surface area contributed by atoms with E-state index in [1.54, 1.807) is 0 Å². The molecule has 3 aromatic rings. The molecule has 2 heterocycles. The number of aromatic nitrogens is 1. The van der Waals surface area contributed by atoms with E-state index in [-0.39, 0.29) is 5.41 Å². The highest BCUT2D eigenvalue weighted by Crippen LogP contribution is 2.32. The van der Waals surface area contributed by atoms with Crippen LogP contribution in [0, 0.1) is 5.41 Å². The van der Waals surface area contributed by atoms with Crippen LogP contribution in [0.3, 0.4) is 0 Å². The highest BCUT2D eigenvalue weighted by Gasteiger charge is 2.19. The number of nitrogens with zero attached hydrogens (tertiary/aromatic N) is 2. The summed E-state index contributed by atoms with van der Waals surface area (Å²) in [6, 6.07) is 18.4. The van der Waals surface area contributed by atoms with Crippen LogP contribution in [0.4, 0.5) is 5.69 Å². The van der Waals surface area contributed by atoms with E-state index in [4.69, 9.17) is 4.98 Å². The first-order chi connectivity index (χ1) is 19.7. The Morgan fingerprint density at radius 2 is 1.88 bits per heavy atom. The highest BCUT2D eigenvalue weighted by atomic mass is 15.2. The number of nitrogens with one attached hydrogen (secondary N) is 3. The summed E-state index contributed by atoms with van der Waals surface area (Å²) >= 11 is 0. The topological polar surface area (TPSA) is 52.2 Å². The second-order valence-electron chi connectivity index (χ2n) is 12.5. The molecule has 0 aliphatic carbocycles. The largest absolute Gasteiger partial charge is 0.355 e. The monoisotopic (exact) mass is 553 g/mol. The molecule has 0 radical (unpaired) electrons. The molecule has 1 atom stereocenters. The third kappa shape index (κ3) is 8.28. The molecule has 41 heavy (non-hydrogen) atoms. The minimum Gasteiger partial charge on any atom is -0.355 e. The first-order valence-corrected chi connectivity index (χ1v) is 15.4. The lowest BCUT2D eigenvalue weighted by molar-refractivity contribution is 0.188. The van der Waals surface area contributed by atoms with Crippen molar-refractivity contribution in [2.75, 3.05) is 38.5 Å². The van der Waals surface area contributed by atoms with Crippen molar-refractivity contribution in [2.24, 2.45) is 5.41 Å². The second kappa shape index (κ2) is 14.3. The van der Waals surface area contributed by atoms with Crippen molar-refractivity contribution < 1.29 is 0 Å². The molecule has 1 aromatic heterocycles. The molecule has 1 aliphatic heterocycles. The molecule has 5 nitrogen and oxygen atoms in total. The Kier molecular flexibility index (Phi) is 10.8. The van der Waals surface area contributed by atoms with Crippen LogP contribution in [0.2, 0.25) is 0 Å². The van der Waals surface area contributed by atoms with Gasteiger partial charge in [0.25, 0.3) is 0 Å². The molecule has 1 unspecified atom stereocenters. The van der Waals surface area contributed by atoms with E-state index in [1.165, 1.54) is 45.2 Å². The lowest BCUT2D eigenvalue weighted by Gasteiger charge is -2.33. The standard InChI is InChI=1S/C36H51N5/c1-8-28(23-37-7)35(20-26(3)36(4,5)6)40-34-15-14-29(32-12-10-11-13-33(32)34)21-27-16-17-38-31(22-27)25-41-19-18-39-30(9-2)24-41/h10-17,20,22,30,37,39-40H,8-9,18-19,21,23-25H2,1-7H3/b26-20+,35-28+. The van der Waals surface area contributed by atoms with Gasteiger partial charge in [0.15, 0.2) is 0 Å². The minimum atomic E-state index is 0.114. The van der Waals surface area contributed by atoms with Crippen LogP contribution >= 0.6 is 0 Å². The number of hydrogen-bond acceptors (Lipinski definition) is 5. The van der Waals surface area contributed by atoms with Gasteiger partial charge in [0.2, 0.25) is 0 Å². The summed E-state index contributed by atoms with van der Waals surface area (Å²) in [5, 5.41) is 13.4. The molecule has 0 bridgehead atoms. The summed E-state index contributed by atoms with van der Waals surface area (Å²) in [6.07, 6.45) is 7.38. The van der Waals surface area contributed by atoms with Gasteiger partial charge in [-0.1, -0.05) is 70.5 Å². The summed E-state index contributed by atoms with van der Waals surface area (Å²) in [5.74, 6) is 0. The molecular formula is C36H51N5. The molecule has 0 amide bonds. The van der Waals surface area contributed by atoms with Gasteiger partial charge in [-0.25, -0.2) is 0 Å². The number of likely N-dealkylation sites (N-methyl/N-ethyl adjacent to an activating group) is 1. The Morgan fingerprint density at radius 3 is 2.59 bits per heavy atom. The third-order valence-corrected chi connectivity index (χ3v) is 8.52. The van der Waals surface area contributed by atoms with E-state index < -0.39 is 0 Å². The smallest absolute Gasteiger partial charge is 0.0546 e. The zero-order chi connectivity index (χ0) is 29.4. The van der Waals surface area contributed by atoms with Crippen molar-refractivity contribution in [3.63, 3.8) is 0 Å². The number of fused-ring (bicyclic) bond motifs is 1. The van der Waals surface area contributed by atoms with E-state index in [9.17, 15) is 0 Å². The molecule has 0 spiro atoms. The van der Waals surface area contributed by atoms with Crippen molar-refractivity contribution in [3.05, 3.63) is 94.5 Å². The quantitative estimate of drug-likeness (QED) is 0.218. The number of anilines is 1. The van der Waals surface area contributed by atoms with Gasteiger partial charge in [0, 0.05) is 61.7 Å². The van der Waals surface area contributed by atoms with Crippen LogP contribution < -0.4 is 16.0 Å². The van der Waals surface area contributed by atoms with Gasteiger partial charge in [0.1, 0.15) is 0 Å². The van der Waals surface area contributed by atoms with Gasteiger partial charge in [-0.3, -0.25) is 9.88 Å². The minimum absolute atomic E-state index is 0.114. The highest BCUT2D eigenvalue weighted by molar-refractivity contribution is 5.97. The van der Waals surface area contributed by atoms with Gasteiger partial charge >= 0.3 is 0 Å². The van der Waals surface area contributed by atoms with Crippen molar-refractivity contribution in [1.29, 1.82) is 0 Å². The predicted molar refractivity (Wildman–Crippen MR) is 176 cm³/mol. The number of rotatable bonds is 11. The normalized spacial score (nSPS) is 17.5. The maximum Gasteiger partial charge on any atom is 0.0546 e. The van der Waals surface area contributed by atoms with Crippen LogP contribution in [0.15, 0.2) is 77.6 Å². The van der Waals surface area contributed by atoms with Gasteiger partial charge < -0.3 is 16.0 Å². The Hall–Kier alpha value is -2.99. The number of allylic oxidation sites excluding steroid dienone is 2. The van der Waals surface area contributed by atoms with Gasteiger partial charge in [-0.2, -0.15) is 0 Å². The summed E-state index contributed by atoms with van der Waals surface area (Å²) in [5.41, 5.74) is 9.02. The second-order valence-corrected chi connectivity index (χ2v) is 12.5. The molecule has 4 rings (SSSR count). The third-order valence-electron chi connectivity index (χ3n) is 8.52. The number of hydrogen-bond donors (Lipinski definition) is 3. The maximum atomic E-state index is 4.73. The zero-order valence-corrected chi connectivity index (χ0v) is 26.4. The first-order valence-electron chi connectivity index (χ1n) is 15.4. The molecule has 1 saturated heterocycles. The lowest BCUT2D eigenvalue weighted by Crippen LogP contribution is -2.49. The fourth-order valence-corrected chi connectivity index (χ4v) is 5.54. The van der Waals surface area contributed by atoms with Crippen LogP contribution in [-0.2, 0) is 13.0 Å². The molecule has 0 saturated carbocycles. The number of pyridine rings is 1. The Morgan fingerprint density at radius 1 is 1.10 bits per heavy atom. The molecule has 1 aliphatic rings. The fourth-order valence-electron chi connectivity index (χ4n) is 5.54. The first kappa shape index (κ1) is 31.0. The average molecular weight is 554 g/mol. The SMILES string of the molecule is CC/C(CNC)=C(/C=C(\C)C(C)(C)C)Nc1ccc(Cc2ccnc(CN3CCNC(CC)C3)c2)c2ccccc12. The molecule has 1 fully saturated rings. The van der Waals surface area contributed by atoms with Crippen molar-refractivity contribution >= 4 is 16.5 Å². The predicted octanol–water partition coefficient (Wildman–Crippen LogP) is 7.30. The fraction of sp³-hybridized carbons (Fsp3) is 0.472. The van der Waals surface area contributed by atoms with E-state index in [2.05, 4.69) is 117 Å². The summed E-state index contributed by atoms with van der Waals surface area (Å²) in [4.78, 5) is 7.26. The van der Waals surface area contributed by atoms with Crippen LogP contribution in [0.1, 0.15) is 71.2 Å². The maximum absolute atomic E-state index is 4.73. The molecular weight excluding hydrogens is 502 g/mol.